The van der Waals surface area contributed by atoms with Gasteiger partial charge >= 0.3 is 13.1 Å². The van der Waals surface area contributed by atoms with E-state index in [0.717, 1.165) is 0 Å². The van der Waals surface area contributed by atoms with Crippen LogP contribution in [0.15, 0.2) is 23.3 Å². The fourth-order valence-corrected chi connectivity index (χ4v) is 2.53. The summed E-state index contributed by atoms with van der Waals surface area (Å²) in [5.74, 6) is -0.768. The van der Waals surface area contributed by atoms with E-state index in [2.05, 4.69) is 4.98 Å². The van der Waals surface area contributed by atoms with E-state index in [-0.39, 0.29) is 35.2 Å². The van der Waals surface area contributed by atoms with Gasteiger partial charge in [-0.05, 0) is 25.8 Å². The van der Waals surface area contributed by atoms with E-state index < -0.39 is 24.1 Å². The van der Waals surface area contributed by atoms with E-state index in [1.165, 1.54) is 23.0 Å². The predicted molar refractivity (Wildman–Crippen MR) is 86.0 cm³/mol. The van der Waals surface area contributed by atoms with Gasteiger partial charge in [-0.15, -0.1) is 0 Å². The molecule has 0 saturated heterocycles. The Morgan fingerprint density at radius 3 is 2.75 bits per heavy atom. The Morgan fingerprint density at radius 1 is 1.46 bits per heavy atom. The summed E-state index contributed by atoms with van der Waals surface area (Å²) in [5.41, 5.74) is -1.35. The molecule has 2 aromatic heterocycles. The van der Waals surface area contributed by atoms with Gasteiger partial charge in [0.1, 0.15) is 11.2 Å². The first-order valence-corrected chi connectivity index (χ1v) is 7.63. The topological polar surface area (TPSA) is 122 Å². The van der Waals surface area contributed by atoms with E-state index in [0.29, 0.717) is 12.8 Å². The zero-order valence-corrected chi connectivity index (χ0v) is 13.1. The Balaban J connectivity index is 2.22. The van der Waals surface area contributed by atoms with Crippen molar-refractivity contribution in [2.75, 3.05) is 6.61 Å². The van der Waals surface area contributed by atoms with Gasteiger partial charge < -0.3 is 24.5 Å². The number of nitrogens with zero attached hydrogens (tertiary/aromatic N) is 2. The third kappa shape index (κ3) is 3.05. The summed E-state index contributed by atoms with van der Waals surface area (Å²) >= 11 is 0. The summed E-state index contributed by atoms with van der Waals surface area (Å²) in [5, 5.41) is 28.8. The maximum atomic E-state index is 12.6. The van der Waals surface area contributed by atoms with Gasteiger partial charge in [0.15, 0.2) is 0 Å². The molecule has 0 unspecified atom stereocenters. The Hall–Kier alpha value is -2.23. The van der Waals surface area contributed by atoms with E-state index >= 15 is 0 Å². The molecule has 1 saturated carbocycles. The van der Waals surface area contributed by atoms with E-state index in [1.54, 1.807) is 6.92 Å². The molecule has 126 valence electrons. The molecule has 1 aliphatic carbocycles. The van der Waals surface area contributed by atoms with Crippen molar-refractivity contribution >= 4 is 29.6 Å². The SMILES string of the molecule is CCOC(=O)c1cn(CC2(O)CC2)c2ncc(B(O)O)cc2c1=O. The number of aromatic nitrogens is 2. The number of hydrogen-bond donors (Lipinski definition) is 3. The minimum atomic E-state index is -1.78. The molecule has 1 fully saturated rings. The molecule has 0 amide bonds. The van der Waals surface area contributed by atoms with Crippen LogP contribution in [-0.4, -0.2) is 50.0 Å². The maximum absolute atomic E-state index is 12.6. The van der Waals surface area contributed by atoms with Crippen molar-refractivity contribution in [1.82, 2.24) is 9.55 Å². The Bertz CT molecular complexity index is 859. The highest BCUT2D eigenvalue weighted by atomic mass is 16.5. The number of carbonyl (C=O) groups excluding carboxylic acids is 1. The van der Waals surface area contributed by atoms with Crippen LogP contribution >= 0.6 is 0 Å². The van der Waals surface area contributed by atoms with Crippen LogP contribution in [0.2, 0.25) is 0 Å². The monoisotopic (exact) mass is 332 g/mol. The number of esters is 1. The lowest BCUT2D eigenvalue weighted by Crippen LogP contribution is -2.32. The lowest BCUT2D eigenvalue weighted by molar-refractivity contribution is 0.0523. The molecule has 0 spiro atoms. The van der Waals surface area contributed by atoms with Gasteiger partial charge in [-0.25, -0.2) is 9.78 Å². The van der Waals surface area contributed by atoms with Gasteiger partial charge in [-0.1, -0.05) is 0 Å². The third-order valence-electron chi connectivity index (χ3n) is 4.02. The summed E-state index contributed by atoms with van der Waals surface area (Å²) in [7, 11) is -1.78. The number of pyridine rings is 2. The van der Waals surface area contributed by atoms with Gasteiger partial charge in [0.25, 0.3) is 0 Å². The van der Waals surface area contributed by atoms with Gasteiger partial charge in [0.2, 0.25) is 5.43 Å². The van der Waals surface area contributed by atoms with Crippen LogP contribution in [0.3, 0.4) is 0 Å². The maximum Gasteiger partial charge on any atom is 0.490 e. The molecule has 1 aliphatic rings. The molecule has 0 aliphatic heterocycles. The Labute approximate surface area is 137 Å². The molecular formula is C15H17BN2O6. The molecule has 9 heteroatoms. The van der Waals surface area contributed by atoms with Gasteiger partial charge in [-0.3, -0.25) is 4.79 Å². The number of aliphatic hydroxyl groups is 1. The molecule has 0 radical (unpaired) electrons. The highest BCUT2D eigenvalue weighted by Gasteiger charge is 2.41. The largest absolute Gasteiger partial charge is 0.490 e. The first kappa shape index (κ1) is 16.6. The van der Waals surface area contributed by atoms with Crippen molar-refractivity contribution in [3.05, 3.63) is 34.2 Å². The standard InChI is InChI=1S/C15H17BN2O6/c1-2-24-14(20)11-7-18(8-15(21)3-4-15)13-10(12(11)19)5-9(6-17-13)16(22)23/h5-7,21-23H,2-4,8H2,1H3. The second-order valence-corrected chi connectivity index (χ2v) is 5.96. The van der Waals surface area contributed by atoms with Crippen molar-refractivity contribution in [3.63, 3.8) is 0 Å². The van der Waals surface area contributed by atoms with Crippen molar-refractivity contribution in [3.8, 4) is 0 Å². The van der Waals surface area contributed by atoms with Crippen LogP contribution in [0.5, 0.6) is 0 Å². The molecule has 8 nitrogen and oxygen atoms in total. The zero-order chi connectivity index (χ0) is 17.5. The highest BCUT2D eigenvalue weighted by molar-refractivity contribution is 6.58. The summed E-state index contributed by atoms with van der Waals surface area (Å²) in [6, 6.07) is 1.28. The molecule has 24 heavy (non-hydrogen) atoms. The van der Waals surface area contributed by atoms with Crippen LogP contribution in [0.25, 0.3) is 11.0 Å². The summed E-state index contributed by atoms with van der Waals surface area (Å²) < 4.78 is 6.43. The zero-order valence-electron chi connectivity index (χ0n) is 13.1. The van der Waals surface area contributed by atoms with Gasteiger partial charge in [-0.2, -0.15) is 0 Å². The lowest BCUT2D eigenvalue weighted by Gasteiger charge is -2.15. The minimum Gasteiger partial charge on any atom is -0.462 e. The van der Waals surface area contributed by atoms with Crippen molar-refractivity contribution in [2.24, 2.45) is 0 Å². The number of rotatable bonds is 5. The second kappa shape index (κ2) is 6.01. The second-order valence-electron chi connectivity index (χ2n) is 5.96. The number of hydrogen-bond acceptors (Lipinski definition) is 7. The molecule has 3 N–H and O–H groups in total. The average Bonchev–Trinajstić information content (AvgIpc) is 3.27. The Kier molecular flexibility index (Phi) is 4.16. The van der Waals surface area contributed by atoms with Crippen LogP contribution < -0.4 is 10.9 Å². The molecule has 0 bridgehead atoms. The highest BCUT2D eigenvalue weighted by Crippen LogP contribution is 2.37. The minimum absolute atomic E-state index is 0.0392. The normalized spacial score (nSPS) is 15.3. The molecule has 3 rings (SSSR count). The fourth-order valence-electron chi connectivity index (χ4n) is 2.53. The van der Waals surface area contributed by atoms with Gasteiger partial charge in [0, 0.05) is 17.9 Å². The first-order chi connectivity index (χ1) is 11.3. The molecule has 0 atom stereocenters. The molecule has 2 heterocycles. The van der Waals surface area contributed by atoms with Crippen molar-refractivity contribution in [2.45, 2.75) is 31.9 Å². The van der Waals surface area contributed by atoms with Crippen LogP contribution in [0, 0.1) is 0 Å². The lowest BCUT2D eigenvalue weighted by atomic mass is 9.81. The smallest absolute Gasteiger partial charge is 0.462 e. The van der Waals surface area contributed by atoms with Crippen LogP contribution in [0.1, 0.15) is 30.1 Å². The van der Waals surface area contributed by atoms with E-state index in [4.69, 9.17) is 4.74 Å². The molecule has 0 aromatic carbocycles. The molecular weight excluding hydrogens is 315 g/mol. The quantitative estimate of drug-likeness (QED) is 0.463. The Morgan fingerprint density at radius 2 is 2.17 bits per heavy atom. The summed E-state index contributed by atoms with van der Waals surface area (Å²) in [6.07, 6.45) is 3.83. The van der Waals surface area contributed by atoms with E-state index in [9.17, 15) is 24.7 Å². The predicted octanol–water partition coefficient (Wildman–Crippen LogP) is -1.22. The van der Waals surface area contributed by atoms with Crippen LogP contribution in [0.4, 0.5) is 0 Å². The van der Waals surface area contributed by atoms with Crippen molar-refractivity contribution < 1.29 is 24.7 Å². The molecule has 2 aromatic rings. The number of carbonyl (C=O) groups is 1. The van der Waals surface area contributed by atoms with Gasteiger partial charge in [0.05, 0.1) is 24.1 Å². The van der Waals surface area contributed by atoms with Crippen LogP contribution in [-0.2, 0) is 11.3 Å². The number of fused-ring (bicyclic) bond motifs is 1. The fraction of sp³-hybridized carbons (Fsp3) is 0.400. The summed E-state index contributed by atoms with van der Waals surface area (Å²) in [6.45, 7) is 1.93. The average molecular weight is 332 g/mol. The summed E-state index contributed by atoms with van der Waals surface area (Å²) in [4.78, 5) is 28.7. The third-order valence-corrected chi connectivity index (χ3v) is 4.02. The first-order valence-electron chi connectivity index (χ1n) is 7.63. The number of ether oxygens (including phenoxy) is 1. The van der Waals surface area contributed by atoms with E-state index in [1.807, 2.05) is 0 Å². The van der Waals surface area contributed by atoms with Crippen molar-refractivity contribution in [1.29, 1.82) is 0 Å².